The van der Waals surface area contributed by atoms with Crippen molar-refractivity contribution >= 4 is 0 Å². The fraction of sp³-hybridized carbons (Fsp3) is 0.750. The number of aromatic nitrogens is 2. The summed E-state index contributed by atoms with van der Waals surface area (Å²) in [7, 11) is 0. The van der Waals surface area contributed by atoms with Crippen molar-refractivity contribution in [3.63, 3.8) is 0 Å². The van der Waals surface area contributed by atoms with Crippen molar-refractivity contribution in [2.75, 3.05) is 6.54 Å². The molecular formula is C12H19N3. The zero-order chi connectivity index (χ0) is 10.3. The lowest BCUT2D eigenvalue weighted by atomic mass is 10.1. The molecule has 1 saturated carbocycles. The van der Waals surface area contributed by atoms with Gasteiger partial charge in [0.2, 0.25) is 0 Å². The van der Waals surface area contributed by atoms with E-state index in [9.17, 15) is 0 Å². The Morgan fingerprint density at radius 3 is 2.93 bits per heavy atom. The predicted octanol–water partition coefficient (Wildman–Crippen LogP) is 1.95. The van der Waals surface area contributed by atoms with Crippen LogP contribution in [0, 0.1) is 6.92 Å². The monoisotopic (exact) mass is 205 g/mol. The van der Waals surface area contributed by atoms with Crippen LogP contribution in [0.15, 0.2) is 0 Å². The molecule has 2 heterocycles. The summed E-state index contributed by atoms with van der Waals surface area (Å²) in [6.45, 7) is 4.25. The summed E-state index contributed by atoms with van der Waals surface area (Å²) >= 11 is 0. The van der Waals surface area contributed by atoms with Gasteiger partial charge in [0.25, 0.3) is 0 Å². The van der Waals surface area contributed by atoms with E-state index in [4.69, 9.17) is 4.98 Å². The van der Waals surface area contributed by atoms with Crippen LogP contribution in [0.2, 0.25) is 0 Å². The van der Waals surface area contributed by atoms with Gasteiger partial charge in [-0.15, -0.1) is 0 Å². The van der Waals surface area contributed by atoms with Crippen molar-refractivity contribution in [3.8, 4) is 0 Å². The minimum absolute atomic E-state index is 0.749. The van der Waals surface area contributed by atoms with Crippen LogP contribution in [0.1, 0.15) is 48.9 Å². The summed E-state index contributed by atoms with van der Waals surface area (Å²) in [6, 6.07) is 0.749. The minimum atomic E-state index is 0.749. The summed E-state index contributed by atoms with van der Waals surface area (Å²) in [5, 5.41) is 3.40. The second-order valence-electron chi connectivity index (χ2n) is 4.79. The highest BCUT2D eigenvalue weighted by atomic mass is 15.1. The Morgan fingerprint density at radius 2 is 2.13 bits per heavy atom. The molecule has 0 bridgehead atoms. The number of nitrogens with zero attached hydrogens (tertiary/aromatic N) is 2. The molecule has 2 aliphatic rings. The normalized spacial score (nSPS) is 21.9. The molecule has 82 valence electrons. The van der Waals surface area contributed by atoms with Gasteiger partial charge in [0.1, 0.15) is 5.82 Å². The van der Waals surface area contributed by atoms with Crippen LogP contribution in [0.5, 0.6) is 0 Å². The molecule has 0 radical (unpaired) electrons. The van der Waals surface area contributed by atoms with Gasteiger partial charge in [-0.1, -0.05) is 12.8 Å². The van der Waals surface area contributed by atoms with Gasteiger partial charge in [-0.3, -0.25) is 0 Å². The fourth-order valence-electron chi connectivity index (χ4n) is 3.12. The molecular weight excluding hydrogens is 186 g/mol. The highest BCUT2D eigenvalue weighted by molar-refractivity contribution is 5.21. The summed E-state index contributed by atoms with van der Waals surface area (Å²) in [4.78, 5) is 4.70. The number of fused-ring (bicyclic) bond motifs is 1. The average Bonchev–Trinajstić information content (AvgIpc) is 2.82. The standard InChI is InChI=1S/C12H19N3/c1-9-14-11-8-13-7-6-12(11)15(9)10-4-2-3-5-10/h10,13H,2-8H2,1H3. The van der Waals surface area contributed by atoms with E-state index in [1.165, 1.54) is 42.9 Å². The van der Waals surface area contributed by atoms with E-state index in [0.717, 1.165) is 25.6 Å². The molecule has 1 aromatic rings. The van der Waals surface area contributed by atoms with Crippen LogP contribution >= 0.6 is 0 Å². The summed E-state index contributed by atoms with van der Waals surface area (Å²) < 4.78 is 2.53. The van der Waals surface area contributed by atoms with Crippen molar-refractivity contribution in [2.24, 2.45) is 0 Å². The smallest absolute Gasteiger partial charge is 0.106 e. The van der Waals surface area contributed by atoms with Crippen LogP contribution < -0.4 is 5.32 Å². The molecule has 0 aromatic carbocycles. The van der Waals surface area contributed by atoms with Crippen LogP contribution in [-0.2, 0) is 13.0 Å². The van der Waals surface area contributed by atoms with Crippen molar-refractivity contribution in [1.29, 1.82) is 0 Å². The number of imidazole rings is 1. The second kappa shape index (κ2) is 3.63. The largest absolute Gasteiger partial charge is 0.329 e. The van der Waals surface area contributed by atoms with E-state index < -0.39 is 0 Å². The Hall–Kier alpha value is -0.830. The Balaban J connectivity index is 2.01. The third-order valence-electron chi connectivity index (χ3n) is 3.79. The Kier molecular flexibility index (Phi) is 2.28. The van der Waals surface area contributed by atoms with E-state index in [0.29, 0.717) is 0 Å². The predicted molar refractivity (Wildman–Crippen MR) is 59.9 cm³/mol. The van der Waals surface area contributed by atoms with Crippen LogP contribution in [0.25, 0.3) is 0 Å². The van der Waals surface area contributed by atoms with Gasteiger partial charge >= 0.3 is 0 Å². The Morgan fingerprint density at radius 1 is 1.33 bits per heavy atom. The first kappa shape index (κ1) is 9.40. The molecule has 0 unspecified atom stereocenters. The van der Waals surface area contributed by atoms with Crippen molar-refractivity contribution in [1.82, 2.24) is 14.9 Å². The van der Waals surface area contributed by atoms with E-state index in [-0.39, 0.29) is 0 Å². The number of aryl methyl sites for hydroxylation is 1. The van der Waals surface area contributed by atoms with Crippen molar-refractivity contribution in [3.05, 3.63) is 17.2 Å². The first-order valence-electron chi connectivity index (χ1n) is 6.13. The van der Waals surface area contributed by atoms with E-state index >= 15 is 0 Å². The maximum absolute atomic E-state index is 4.70. The molecule has 1 aromatic heterocycles. The molecule has 1 aliphatic carbocycles. The number of hydrogen-bond acceptors (Lipinski definition) is 2. The van der Waals surface area contributed by atoms with E-state index in [1.807, 2.05) is 0 Å². The SMILES string of the molecule is Cc1nc2c(n1C1CCCC1)CCNC2. The lowest BCUT2D eigenvalue weighted by molar-refractivity contribution is 0.478. The third-order valence-corrected chi connectivity index (χ3v) is 3.79. The molecule has 3 nitrogen and oxygen atoms in total. The number of rotatable bonds is 1. The molecule has 0 amide bonds. The molecule has 0 saturated heterocycles. The molecule has 15 heavy (non-hydrogen) atoms. The summed E-state index contributed by atoms with van der Waals surface area (Å²) in [5.74, 6) is 1.23. The van der Waals surface area contributed by atoms with E-state index in [2.05, 4.69) is 16.8 Å². The van der Waals surface area contributed by atoms with Crippen LogP contribution in [0.4, 0.5) is 0 Å². The lowest BCUT2D eigenvalue weighted by Gasteiger charge is -2.20. The molecule has 1 aliphatic heterocycles. The quantitative estimate of drug-likeness (QED) is 0.759. The summed E-state index contributed by atoms with van der Waals surface area (Å²) in [6.07, 6.45) is 6.67. The van der Waals surface area contributed by atoms with Gasteiger partial charge in [0, 0.05) is 31.2 Å². The maximum Gasteiger partial charge on any atom is 0.106 e. The van der Waals surface area contributed by atoms with Crippen molar-refractivity contribution in [2.45, 2.75) is 51.6 Å². The third kappa shape index (κ3) is 1.49. The molecule has 0 atom stereocenters. The van der Waals surface area contributed by atoms with Gasteiger partial charge in [-0.05, 0) is 19.8 Å². The van der Waals surface area contributed by atoms with Crippen molar-refractivity contribution < 1.29 is 0 Å². The zero-order valence-electron chi connectivity index (χ0n) is 9.42. The Bertz CT molecular complexity index is 361. The second-order valence-corrected chi connectivity index (χ2v) is 4.79. The van der Waals surface area contributed by atoms with Crippen LogP contribution in [-0.4, -0.2) is 16.1 Å². The molecule has 1 fully saturated rings. The minimum Gasteiger partial charge on any atom is -0.329 e. The fourth-order valence-corrected chi connectivity index (χ4v) is 3.12. The molecule has 3 rings (SSSR count). The molecule has 3 heteroatoms. The molecule has 0 spiro atoms. The average molecular weight is 205 g/mol. The highest BCUT2D eigenvalue weighted by Crippen LogP contribution is 2.33. The first-order chi connectivity index (χ1) is 7.36. The lowest BCUT2D eigenvalue weighted by Crippen LogP contribution is -2.25. The maximum atomic E-state index is 4.70. The van der Waals surface area contributed by atoms with E-state index in [1.54, 1.807) is 0 Å². The van der Waals surface area contributed by atoms with Gasteiger partial charge in [0.15, 0.2) is 0 Å². The highest BCUT2D eigenvalue weighted by Gasteiger charge is 2.24. The number of nitrogens with one attached hydrogen (secondary N) is 1. The van der Waals surface area contributed by atoms with Gasteiger partial charge in [-0.2, -0.15) is 0 Å². The topological polar surface area (TPSA) is 29.9 Å². The van der Waals surface area contributed by atoms with Gasteiger partial charge < -0.3 is 9.88 Å². The van der Waals surface area contributed by atoms with Gasteiger partial charge in [0.05, 0.1) is 5.69 Å². The van der Waals surface area contributed by atoms with Gasteiger partial charge in [-0.25, -0.2) is 4.98 Å². The van der Waals surface area contributed by atoms with Crippen LogP contribution in [0.3, 0.4) is 0 Å². The number of hydrogen-bond donors (Lipinski definition) is 1. The first-order valence-corrected chi connectivity index (χ1v) is 6.13. The summed E-state index contributed by atoms with van der Waals surface area (Å²) in [5.41, 5.74) is 2.81. The Labute approximate surface area is 90.9 Å². The molecule has 1 N–H and O–H groups in total. The zero-order valence-corrected chi connectivity index (χ0v) is 9.42.